The third-order valence-electron chi connectivity index (χ3n) is 2.34. The molecule has 94 valence electrons. The predicted octanol–water partition coefficient (Wildman–Crippen LogP) is 1.09. The number of anilines is 1. The SMILES string of the molecule is CCOC(=O)Cn1cc(-c2ccc(N)cc2)nn1. The molecule has 18 heavy (non-hydrogen) atoms. The molecule has 0 saturated carbocycles. The molecule has 0 aliphatic rings. The van der Waals surface area contributed by atoms with Crippen LogP contribution in [0.1, 0.15) is 6.92 Å². The number of benzene rings is 1. The van der Waals surface area contributed by atoms with E-state index in [-0.39, 0.29) is 12.5 Å². The first kappa shape index (κ1) is 12.1. The standard InChI is InChI=1S/C12H14N4O2/c1-2-18-12(17)8-16-7-11(14-15-16)9-3-5-10(13)6-4-9/h3-7H,2,8,13H2,1H3. The Labute approximate surface area is 104 Å². The molecule has 6 heteroatoms. The first-order valence-electron chi connectivity index (χ1n) is 5.60. The highest BCUT2D eigenvalue weighted by molar-refractivity contribution is 5.69. The monoisotopic (exact) mass is 246 g/mol. The Morgan fingerprint density at radius 3 is 2.78 bits per heavy atom. The van der Waals surface area contributed by atoms with Crippen molar-refractivity contribution in [1.29, 1.82) is 0 Å². The second-order valence-corrected chi connectivity index (χ2v) is 3.73. The maximum Gasteiger partial charge on any atom is 0.327 e. The van der Waals surface area contributed by atoms with Crippen LogP contribution in [0.3, 0.4) is 0 Å². The summed E-state index contributed by atoms with van der Waals surface area (Å²) < 4.78 is 6.28. The number of hydrogen-bond donors (Lipinski definition) is 1. The topological polar surface area (TPSA) is 83.0 Å². The first-order chi connectivity index (χ1) is 8.69. The van der Waals surface area contributed by atoms with Gasteiger partial charge in [0.15, 0.2) is 0 Å². The lowest BCUT2D eigenvalue weighted by Gasteiger charge is -2.00. The fraction of sp³-hybridized carbons (Fsp3) is 0.250. The van der Waals surface area contributed by atoms with Crippen LogP contribution in [-0.4, -0.2) is 27.6 Å². The Bertz CT molecular complexity index is 533. The molecule has 2 aromatic rings. The molecule has 0 spiro atoms. The first-order valence-corrected chi connectivity index (χ1v) is 5.60. The Morgan fingerprint density at radius 1 is 1.39 bits per heavy atom. The van der Waals surface area contributed by atoms with Crippen LogP contribution in [0.2, 0.25) is 0 Å². The number of carbonyl (C=O) groups excluding carboxylic acids is 1. The Morgan fingerprint density at radius 2 is 2.11 bits per heavy atom. The number of nitrogens with zero attached hydrogens (tertiary/aromatic N) is 3. The van der Waals surface area contributed by atoms with Crippen LogP contribution in [0.4, 0.5) is 5.69 Å². The molecule has 0 bridgehead atoms. The van der Waals surface area contributed by atoms with Crippen molar-refractivity contribution in [2.75, 3.05) is 12.3 Å². The normalized spacial score (nSPS) is 10.3. The van der Waals surface area contributed by atoms with Crippen LogP contribution < -0.4 is 5.73 Å². The van der Waals surface area contributed by atoms with E-state index in [1.54, 1.807) is 25.3 Å². The lowest BCUT2D eigenvalue weighted by atomic mass is 10.1. The van der Waals surface area contributed by atoms with Gasteiger partial charge in [-0.1, -0.05) is 17.3 Å². The highest BCUT2D eigenvalue weighted by Gasteiger charge is 2.07. The van der Waals surface area contributed by atoms with Gasteiger partial charge in [0.1, 0.15) is 12.2 Å². The molecular formula is C12H14N4O2. The molecule has 1 heterocycles. The molecular weight excluding hydrogens is 232 g/mol. The number of hydrogen-bond acceptors (Lipinski definition) is 5. The highest BCUT2D eigenvalue weighted by atomic mass is 16.5. The average Bonchev–Trinajstić information content (AvgIpc) is 2.78. The number of nitrogens with two attached hydrogens (primary N) is 1. The second-order valence-electron chi connectivity index (χ2n) is 3.73. The van der Waals surface area contributed by atoms with Gasteiger partial charge in [-0.05, 0) is 19.1 Å². The van der Waals surface area contributed by atoms with E-state index in [0.29, 0.717) is 18.0 Å². The molecule has 0 radical (unpaired) electrons. The molecule has 0 aliphatic carbocycles. The lowest BCUT2D eigenvalue weighted by molar-refractivity contribution is -0.144. The zero-order valence-electron chi connectivity index (χ0n) is 10.0. The van der Waals surface area contributed by atoms with Crippen LogP contribution in [-0.2, 0) is 16.1 Å². The third kappa shape index (κ3) is 2.85. The minimum Gasteiger partial charge on any atom is -0.465 e. The van der Waals surface area contributed by atoms with Crippen molar-refractivity contribution in [3.8, 4) is 11.3 Å². The predicted molar refractivity (Wildman–Crippen MR) is 66.5 cm³/mol. The van der Waals surface area contributed by atoms with E-state index >= 15 is 0 Å². The van der Waals surface area contributed by atoms with Crippen LogP contribution in [0.25, 0.3) is 11.3 Å². The van der Waals surface area contributed by atoms with Gasteiger partial charge in [-0.2, -0.15) is 0 Å². The van der Waals surface area contributed by atoms with Gasteiger partial charge in [-0.3, -0.25) is 4.79 Å². The Kier molecular flexibility index (Phi) is 3.57. The van der Waals surface area contributed by atoms with Gasteiger partial charge in [-0.25, -0.2) is 4.68 Å². The molecule has 0 aliphatic heterocycles. The number of ether oxygens (including phenoxy) is 1. The van der Waals surface area contributed by atoms with Gasteiger partial charge in [0, 0.05) is 11.3 Å². The minimum absolute atomic E-state index is 0.0653. The molecule has 2 N–H and O–H groups in total. The summed E-state index contributed by atoms with van der Waals surface area (Å²) in [6.07, 6.45) is 1.70. The maximum atomic E-state index is 11.3. The molecule has 0 unspecified atom stereocenters. The van der Waals surface area contributed by atoms with Crippen molar-refractivity contribution in [2.24, 2.45) is 0 Å². The molecule has 2 rings (SSSR count). The van der Waals surface area contributed by atoms with Crippen LogP contribution in [0.15, 0.2) is 30.5 Å². The number of carbonyl (C=O) groups is 1. The molecule has 0 atom stereocenters. The molecule has 6 nitrogen and oxygen atoms in total. The summed E-state index contributed by atoms with van der Waals surface area (Å²) in [5, 5.41) is 7.87. The van der Waals surface area contributed by atoms with Crippen LogP contribution in [0.5, 0.6) is 0 Å². The molecule has 1 aromatic carbocycles. The highest BCUT2D eigenvalue weighted by Crippen LogP contribution is 2.17. The van der Waals surface area contributed by atoms with E-state index in [4.69, 9.17) is 10.5 Å². The van der Waals surface area contributed by atoms with Crippen molar-refractivity contribution >= 4 is 11.7 Å². The third-order valence-corrected chi connectivity index (χ3v) is 2.34. The zero-order valence-corrected chi connectivity index (χ0v) is 10.0. The van der Waals surface area contributed by atoms with Crippen molar-refractivity contribution in [2.45, 2.75) is 13.5 Å². The summed E-state index contributed by atoms with van der Waals surface area (Å²) in [6, 6.07) is 7.29. The fourth-order valence-electron chi connectivity index (χ4n) is 1.50. The van der Waals surface area contributed by atoms with Gasteiger partial charge >= 0.3 is 5.97 Å². The van der Waals surface area contributed by atoms with E-state index in [1.807, 2.05) is 12.1 Å². The Hall–Kier alpha value is -2.37. The van der Waals surface area contributed by atoms with Crippen molar-refractivity contribution in [1.82, 2.24) is 15.0 Å². The summed E-state index contributed by atoms with van der Waals surface area (Å²) in [4.78, 5) is 11.3. The number of esters is 1. The van der Waals surface area contributed by atoms with Gasteiger partial charge in [0.25, 0.3) is 0 Å². The molecule has 0 fully saturated rings. The van der Waals surface area contributed by atoms with Gasteiger partial charge < -0.3 is 10.5 Å². The summed E-state index contributed by atoms with van der Waals surface area (Å²) in [7, 11) is 0. The molecule has 0 saturated heterocycles. The number of nitrogen functional groups attached to an aromatic ring is 1. The lowest BCUT2D eigenvalue weighted by Crippen LogP contribution is -2.13. The fourth-order valence-corrected chi connectivity index (χ4v) is 1.50. The van der Waals surface area contributed by atoms with E-state index in [1.165, 1.54) is 4.68 Å². The molecule has 1 aromatic heterocycles. The van der Waals surface area contributed by atoms with Gasteiger partial charge in [0.2, 0.25) is 0 Å². The van der Waals surface area contributed by atoms with Crippen molar-refractivity contribution < 1.29 is 9.53 Å². The average molecular weight is 246 g/mol. The van der Waals surface area contributed by atoms with Crippen LogP contribution in [0, 0.1) is 0 Å². The van der Waals surface area contributed by atoms with E-state index in [0.717, 1.165) is 5.56 Å². The van der Waals surface area contributed by atoms with E-state index in [2.05, 4.69) is 10.3 Å². The number of rotatable bonds is 4. The molecule has 0 amide bonds. The zero-order chi connectivity index (χ0) is 13.0. The Balaban J connectivity index is 2.10. The summed E-state index contributed by atoms with van der Waals surface area (Å²) >= 11 is 0. The summed E-state index contributed by atoms with van der Waals surface area (Å²) in [5.41, 5.74) is 7.89. The van der Waals surface area contributed by atoms with Gasteiger partial charge in [-0.15, -0.1) is 5.10 Å². The van der Waals surface area contributed by atoms with Gasteiger partial charge in [0.05, 0.1) is 12.8 Å². The quantitative estimate of drug-likeness (QED) is 0.645. The summed E-state index contributed by atoms with van der Waals surface area (Å²) in [6.45, 7) is 2.19. The van der Waals surface area contributed by atoms with Crippen LogP contribution >= 0.6 is 0 Å². The smallest absolute Gasteiger partial charge is 0.327 e. The maximum absolute atomic E-state index is 11.3. The summed E-state index contributed by atoms with van der Waals surface area (Å²) in [5.74, 6) is -0.328. The second kappa shape index (κ2) is 5.31. The minimum atomic E-state index is -0.328. The van der Waals surface area contributed by atoms with E-state index in [9.17, 15) is 4.79 Å². The van der Waals surface area contributed by atoms with Crippen molar-refractivity contribution in [3.63, 3.8) is 0 Å². The number of aromatic nitrogens is 3. The largest absolute Gasteiger partial charge is 0.465 e. The van der Waals surface area contributed by atoms with Crippen molar-refractivity contribution in [3.05, 3.63) is 30.5 Å². The van der Waals surface area contributed by atoms with E-state index < -0.39 is 0 Å².